The van der Waals surface area contributed by atoms with E-state index >= 15 is 0 Å². The summed E-state index contributed by atoms with van der Waals surface area (Å²) in [5.41, 5.74) is 1.65. The van der Waals surface area contributed by atoms with Crippen LogP contribution in [0.15, 0.2) is 47.8 Å². The Hall–Kier alpha value is -2.31. The Bertz CT molecular complexity index is 775. The Balaban J connectivity index is 2.20. The smallest absolute Gasteiger partial charge is 0.219 e. The van der Waals surface area contributed by atoms with Gasteiger partial charge >= 0.3 is 0 Å². The molecule has 0 aliphatic carbocycles. The minimum atomic E-state index is 0.0291. The lowest BCUT2D eigenvalue weighted by atomic mass is 10.2. The first kappa shape index (κ1) is 11.8. The van der Waals surface area contributed by atoms with E-state index in [1.54, 1.807) is 0 Å². The quantitative estimate of drug-likeness (QED) is 0.524. The number of carbonyl (C=O) groups is 1. The summed E-state index contributed by atoms with van der Waals surface area (Å²) in [6.07, 6.45) is 5.42. The molecule has 0 N–H and O–H groups in total. The topological polar surface area (TPSA) is 22.0 Å². The van der Waals surface area contributed by atoms with Crippen molar-refractivity contribution >= 4 is 28.0 Å². The third kappa shape index (κ3) is 1.96. The standard InChI is InChI=1S/C16H11NOS/c1-2-9-17-13-7-4-3-6-12(13)11-14(17)16(18)15-8-5-10-19-15/h1,3-8,10-11H,9H2. The average molecular weight is 265 g/mol. The molecule has 0 aliphatic heterocycles. The molecular formula is C16H11NOS. The summed E-state index contributed by atoms with van der Waals surface area (Å²) in [4.78, 5) is 13.2. The first-order chi connectivity index (χ1) is 9.31. The van der Waals surface area contributed by atoms with Gasteiger partial charge in [-0.25, -0.2) is 0 Å². The maximum atomic E-state index is 12.5. The largest absolute Gasteiger partial charge is 0.326 e. The molecule has 19 heavy (non-hydrogen) atoms. The molecule has 0 fully saturated rings. The van der Waals surface area contributed by atoms with Crippen molar-refractivity contribution in [3.63, 3.8) is 0 Å². The highest BCUT2D eigenvalue weighted by atomic mass is 32.1. The number of benzene rings is 1. The molecule has 3 heteroatoms. The third-order valence-corrected chi connectivity index (χ3v) is 3.91. The zero-order valence-electron chi connectivity index (χ0n) is 10.2. The van der Waals surface area contributed by atoms with Crippen LogP contribution in [0.3, 0.4) is 0 Å². The lowest BCUT2D eigenvalue weighted by Gasteiger charge is -2.05. The first-order valence-electron chi connectivity index (χ1n) is 5.91. The molecule has 2 heterocycles. The van der Waals surface area contributed by atoms with E-state index in [0.29, 0.717) is 12.2 Å². The second-order valence-corrected chi connectivity index (χ2v) is 5.13. The molecule has 3 aromatic rings. The molecular weight excluding hydrogens is 254 g/mol. The average Bonchev–Trinajstić information content (AvgIpc) is 3.06. The fourth-order valence-electron chi connectivity index (χ4n) is 2.19. The molecule has 3 rings (SSSR count). The Morgan fingerprint density at radius 3 is 2.84 bits per heavy atom. The van der Waals surface area contributed by atoms with E-state index in [1.807, 2.05) is 52.4 Å². The Morgan fingerprint density at radius 2 is 2.11 bits per heavy atom. The zero-order valence-corrected chi connectivity index (χ0v) is 11.0. The fraction of sp³-hybridized carbons (Fsp3) is 0.0625. The van der Waals surface area contributed by atoms with E-state index in [1.165, 1.54) is 11.3 Å². The molecule has 0 amide bonds. The maximum absolute atomic E-state index is 12.5. The van der Waals surface area contributed by atoms with Gasteiger partial charge < -0.3 is 4.57 Å². The Morgan fingerprint density at radius 1 is 1.26 bits per heavy atom. The van der Waals surface area contributed by atoms with E-state index < -0.39 is 0 Å². The summed E-state index contributed by atoms with van der Waals surface area (Å²) < 4.78 is 1.90. The van der Waals surface area contributed by atoms with Gasteiger partial charge in [-0.2, -0.15) is 0 Å². The lowest BCUT2D eigenvalue weighted by molar-refractivity contribution is 0.103. The van der Waals surface area contributed by atoms with E-state index in [4.69, 9.17) is 6.42 Å². The zero-order chi connectivity index (χ0) is 13.2. The van der Waals surface area contributed by atoms with E-state index in [2.05, 4.69) is 5.92 Å². The lowest BCUT2D eigenvalue weighted by Crippen LogP contribution is -2.08. The number of rotatable bonds is 3. The molecule has 0 saturated heterocycles. The van der Waals surface area contributed by atoms with Crippen LogP contribution in [-0.2, 0) is 6.54 Å². The van der Waals surface area contributed by atoms with Crippen molar-refractivity contribution in [3.05, 3.63) is 58.4 Å². The highest BCUT2D eigenvalue weighted by molar-refractivity contribution is 7.12. The van der Waals surface area contributed by atoms with Crippen molar-refractivity contribution in [1.29, 1.82) is 0 Å². The Kier molecular flexibility index (Phi) is 2.94. The molecule has 0 saturated carbocycles. The number of carbonyl (C=O) groups excluding carboxylic acids is 1. The van der Waals surface area contributed by atoms with Crippen LogP contribution < -0.4 is 0 Å². The van der Waals surface area contributed by atoms with Crippen LogP contribution in [0.5, 0.6) is 0 Å². The van der Waals surface area contributed by atoms with Crippen LogP contribution in [0.4, 0.5) is 0 Å². The predicted molar refractivity (Wildman–Crippen MR) is 78.5 cm³/mol. The molecule has 2 nitrogen and oxygen atoms in total. The number of hydrogen-bond acceptors (Lipinski definition) is 2. The van der Waals surface area contributed by atoms with Crippen molar-refractivity contribution in [2.45, 2.75) is 6.54 Å². The summed E-state index contributed by atoms with van der Waals surface area (Å²) >= 11 is 1.45. The van der Waals surface area contributed by atoms with Crippen LogP contribution in [0.2, 0.25) is 0 Å². The highest BCUT2D eigenvalue weighted by Gasteiger charge is 2.17. The normalized spacial score (nSPS) is 10.5. The van der Waals surface area contributed by atoms with Crippen molar-refractivity contribution < 1.29 is 4.79 Å². The molecule has 0 unspecified atom stereocenters. The number of para-hydroxylation sites is 1. The SMILES string of the molecule is C#CCn1c(C(=O)c2cccs2)cc2ccccc21. The number of ketones is 1. The number of terminal acetylenes is 1. The van der Waals surface area contributed by atoms with Crippen molar-refractivity contribution in [3.8, 4) is 12.3 Å². The minimum Gasteiger partial charge on any atom is -0.326 e. The van der Waals surface area contributed by atoms with Gasteiger partial charge in [0, 0.05) is 10.9 Å². The van der Waals surface area contributed by atoms with Gasteiger partial charge in [0.1, 0.15) is 0 Å². The summed E-state index contributed by atoms with van der Waals surface area (Å²) in [6.45, 7) is 0.403. The van der Waals surface area contributed by atoms with Crippen molar-refractivity contribution in [2.24, 2.45) is 0 Å². The molecule has 0 radical (unpaired) electrons. The van der Waals surface area contributed by atoms with Gasteiger partial charge in [0.2, 0.25) is 5.78 Å². The first-order valence-corrected chi connectivity index (χ1v) is 6.79. The third-order valence-electron chi connectivity index (χ3n) is 3.04. The second kappa shape index (κ2) is 4.75. The van der Waals surface area contributed by atoms with Crippen LogP contribution >= 0.6 is 11.3 Å². The van der Waals surface area contributed by atoms with E-state index in [9.17, 15) is 4.79 Å². The monoisotopic (exact) mass is 265 g/mol. The van der Waals surface area contributed by atoms with Gasteiger partial charge in [0.15, 0.2) is 0 Å². The van der Waals surface area contributed by atoms with Gasteiger partial charge in [-0.3, -0.25) is 4.79 Å². The number of nitrogens with zero attached hydrogens (tertiary/aromatic N) is 1. The molecule has 0 atom stereocenters. The van der Waals surface area contributed by atoms with Crippen LogP contribution in [0, 0.1) is 12.3 Å². The Labute approximate surface area is 115 Å². The van der Waals surface area contributed by atoms with Gasteiger partial charge in [0.05, 0.1) is 17.1 Å². The van der Waals surface area contributed by atoms with E-state index in [-0.39, 0.29) is 5.78 Å². The number of hydrogen-bond donors (Lipinski definition) is 0. The van der Waals surface area contributed by atoms with Crippen LogP contribution in [0.1, 0.15) is 15.4 Å². The number of thiophene rings is 1. The van der Waals surface area contributed by atoms with Crippen LogP contribution in [0.25, 0.3) is 10.9 Å². The summed E-state index contributed by atoms with van der Waals surface area (Å²) in [7, 11) is 0. The van der Waals surface area contributed by atoms with Gasteiger partial charge in [0.25, 0.3) is 0 Å². The molecule has 0 aliphatic rings. The van der Waals surface area contributed by atoms with Gasteiger partial charge in [-0.05, 0) is 23.6 Å². The molecule has 1 aromatic carbocycles. The number of fused-ring (bicyclic) bond motifs is 1. The second-order valence-electron chi connectivity index (χ2n) is 4.19. The van der Waals surface area contributed by atoms with Crippen molar-refractivity contribution in [1.82, 2.24) is 4.57 Å². The van der Waals surface area contributed by atoms with Crippen molar-refractivity contribution in [2.75, 3.05) is 0 Å². The number of aromatic nitrogens is 1. The summed E-state index contributed by atoms with van der Waals surface area (Å²) in [6, 6.07) is 13.5. The van der Waals surface area contributed by atoms with Crippen LogP contribution in [-0.4, -0.2) is 10.4 Å². The van der Waals surface area contributed by atoms with Gasteiger partial charge in [-0.15, -0.1) is 17.8 Å². The summed E-state index contributed by atoms with van der Waals surface area (Å²) in [5.74, 6) is 2.65. The molecule has 2 aromatic heterocycles. The molecule has 0 spiro atoms. The van der Waals surface area contributed by atoms with E-state index in [0.717, 1.165) is 15.8 Å². The maximum Gasteiger partial charge on any atom is 0.219 e. The molecule has 92 valence electrons. The highest BCUT2D eigenvalue weighted by Crippen LogP contribution is 2.23. The predicted octanol–water partition coefficient (Wildman–Crippen LogP) is 3.57. The fourth-order valence-corrected chi connectivity index (χ4v) is 2.87. The summed E-state index contributed by atoms with van der Waals surface area (Å²) in [5, 5.41) is 2.94. The van der Waals surface area contributed by atoms with Gasteiger partial charge in [-0.1, -0.05) is 30.2 Å². The molecule has 0 bridgehead atoms. The minimum absolute atomic E-state index is 0.0291.